The molecule has 0 aromatic heterocycles. The molecule has 0 aromatic rings. The highest BCUT2D eigenvalue weighted by molar-refractivity contribution is 5.21. The van der Waals surface area contributed by atoms with Crippen molar-refractivity contribution in [2.45, 2.75) is 365 Å². The molecule has 8 bridgehead atoms. The molecular weight excluding hydrogens is 1260 g/mol. The Labute approximate surface area is 614 Å². The van der Waals surface area contributed by atoms with Crippen LogP contribution in [0.15, 0.2) is 0 Å². The number of hydrogen-bond acceptors (Lipinski definition) is 17. The van der Waals surface area contributed by atoms with Gasteiger partial charge in [-0.3, -0.25) is 42.1 Å². The van der Waals surface area contributed by atoms with Gasteiger partial charge in [-0.2, -0.15) is 0 Å². The molecule has 580 valence electrons. The Hall–Kier alpha value is -0.680. The normalized spacial score (nSPS) is 46.9. The van der Waals surface area contributed by atoms with Gasteiger partial charge in [0.1, 0.15) is 0 Å². The molecule has 8 aliphatic carbocycles. The molecule has 0 amide bonds. The van der Waals surface area contributed by atoms with Gasteiger partial charge in [0, 0.05) is 112 Å². The van der Waals surface area contributed by atoms with Crippen LogP contribution in [0.4, 0.5) is 0 Å². The molecule has 6 saturated heterocycles. The fourth-order valence-electron chi connectivity index (χ4n) is 25.5. The molecule has 14 aliphatic rings. The number of rotatable bonds is 32. The number of ether oxygens (including phenoxy) is 8. The van der Waals surface area contributed by atoms with Gasteiger partial charge in [0.2, 0.25) is 0 Å². The van der Waals surface area contributed by atoms with Gasteiger partial charge in [-0.25, -0.2) is 0 Å². The third-order valence-corrected chi connectivity index (χ3v) is 30.1. The Morgan fingerprint density at radius 3 is 0.822 bits per heavy atom. The number of unbranched alkanes of at least 4 members (excludes halogenated alkanes) is 8. The Bertz CT molecular complexity index is 2460. The molecule has 14 rings (SSSR count). The number of hydrogen-bond donors (Lipinski definition) is 8. The topological polar surface area (TPSA) is 173 Å². The summed E-state index contributed by atoms with van der Waals surface area (Å²) < 4.78 is 62.2. The molecule has 6 heterocycles. The van der Waals surface area contributed by atoms with Crippen LogP contribution in [0.5, 0.6) is 0 Å². The van der Waals surface area contributed by atoms with Gasteiger partial charge in [-0.05, 0) is 164 Å². The lowest BCUT2D eigenvalue weighted by molar-refractivity contribution is -0.188. The van der Waals surface area contributed by atoms with Crippen molar-refractivity contribution in [1.29, 1.82) is 0 Å². The van der Waals surface area contributed by atoms with E-state index in [2.05, 4.69) is 83.3 Å². The van der Waals surface area contributed by atoms with Crippen LogP contribution in [0.25, 0.3) is 0 Å². The first-order valence-electron chi connectivity index (χ1n) is 44.5. The summed E-state index contributed by atoms with van der Waals surface area (Å²) in [5, 5.41) is 37.6. The minimum atomic E-state index is -0.0836. The molecule has 34 atom stereocenters. The second-order valence-electron chi connectivity index (χ2n) is 35.8. The molecule has 0 spiro atoms. The Kier molecular flexibility index (Phi) is 28.1. The minimum absolute atomic E-state index is 0.0103. The Morgan fingerprint density at radius 2 is 0.515 bits per heavy atom. The first-order chi connectivity index (χ1) is 49.8. The van der Waals surface area contributed by atoms with Crippen molar-refractivity contribution in [3.63, 3.8) is 0 Å². The van der Waals surface area contributed by atoms with Crippen LogP contribution in [-0.4, -0.2) is 176 Å². The number of nitrogens with zero attached hydrogens (tertiary/aromatic N) is 1. The second kappa shape index (κ2) is 36.9. The summed E-state index contributed by atoms with van der Waals surface area (Å²) in [6.07, 6.45) is 37.8. The highest BCUT2D eigenvalue weighted by Crippen LogP contribution is 2.60. The van der Waals surface area contributed by atoms with Crippen molar-refractivity contribution in [2.75, 3.05) is 66.4 Å². The quantitative estimate of drug-likeness (QED) is 0.0299. The van der Waals surface area contributed by atoms with Crippen molar-refractivity contribution in [2.24, 2.45) is 101 Å². The maximum absolute atomic E-state index is 7.89. The van der Waals surface area contributed by atoms with Gasteiger partial charge >= 0.3 is 0 Å². The van der Waals surface area contributed by atoms with Crippen LogP contribution < -0.4 is 42.5 Å². The van der Waals surface area contributed by atoms with E-state index < -0.39 is 0 Å². The predicted molar refractivity (Wildman–Crippen MR) is 402 cm³/mol. The SMILES string of the molecule is CCCCOC1C2CCCCC2C(OCCCC)C2C3NC(NC4NC(NC5C6C(OCCCC)C7CCCNC7C(OCCCC)C6C(NC6NC(N3)C3C(OCCCC)C7CCCCC7C(OCCCC)C63)N5C)C3C(OCCCC)C5CC6CCCCC6CC5C(OCCCC)C43)C12. The molecule has 6 aliphatic heterocycles. The largest absolute Gasteiger partial charge is 0.378 e. The molecule has 17 nitrogen and oxygen atoms in total. The molecule has 0 radical (unpaired) electrons. The zero-order valence-corrected chi connectivity index (χ0v) is 65.3. The van der Waals surface area contributed by atoms with E-state index in [4.69, 9.17) is 64.5 Å². The summed E-state index contributed by atoms with van der Waals surface area (Å²) in [5.74, 6) is 5.59. The van der Waals surface area contributed by atoms with Crippen molar-refractivity contribution < 1.29 is 37.9 Å². The van der Waals surface area contributed by atoms with Crippen LogP contribution in [0.1, 0.15) is 261 Å². The van der Waals surface area contributed by atoms with Gasteiger partial charge in [-0.1, -0.05) is 158 Å². The third-order valence-electron chi connectivity index (χ3n) is 30.1. The van der Waals surface area contributed by atoms with Gasteiger partial charge in [0.15, 0.2) is 0 Å². The highest BCUT2D eigenvalue weighted by Gasteiger charge is 2.70. The van der Waals surface area contributed by atoms with E-state index in [-0.39, 0.29) is 152 Å². The summed E-state index contributed by atoms with van der Waals surface area (Å²) in [5.41, 5.74) is 0. The monoisotopic (exact) mass is 1410 g/mol. The van der Waals surface area contributed by atoms with Crippen molar-refractivity contribution in [3.8, 4) is 0 Å². The summed E-state index contributed by atoms with van der Waals surface area (Å²) in [6, 6.07) is 0.193. The summed E-state index contributed by atoms with van der Waals surface area (Å²) in [7, 11) is 2.51. The number of fused-ring (bicyclic) bond motifs is 25. The Morgan fingerprint density at radius 1 is 0.267 bits per heavy atom. The van der Waals surface area contributed by atoms with Crippen molar-refractivity contribution in [1.82, 2.24) is 47.4 Å². The highest BCUT2D eigenvalue weighted by atomic mass is 16.5. The zero-order chi connectivity index (χ0) is 69.5. The van der Waals surface area contributed by atoms with E-state index in [1.165, 1.54) is 89.9 Å². The maximum atomic E-state index is 7.89. The summed E-state index contributed by atoms with van der Waals surface area (Å²) >= 11 is 0. The smallest absolute Gasteiger partial charge is 0.0792 e. The van der Waals surface area contributed by atoms with Crippen molar-refractivity contribution >= 4 is 0 Å². The van der Waals surface area contributed by atoms with Crippen LogP contribution in [0, 0.1) is 101 Å². The molecule has 34 unspecified atom stereocenters. The molecule has 17 heteroatoms. The first kappa shape index (κ1) is 77.1. The number of nitrogens with one attached hydrogen (secondary N) is 8. The lowest BCUT2D eigenvalue weighted by atomic mass is 9.54. The zero-order valence-electron chi connectivity index (χ0n) is 65.3. The molecule has 0 aromatic carbocycles. The van der Waals surface area contributed by atoms with E-state index in [9.17, 15) is 0 Å². The minimum Gasteiger partial charge on any atom is -0.378 e. The summed E-state index contributed by atoms with van der Waals surface area (Å²) in [4.78, 5) is 2.83. The fraction of sp³-hybridized carbons (Fsp3) is 1.00. The molecule has 14 fully saturated rings. The van der Waals surface area contributed by atoms with Crippen LogP contribution in [-0.2, 0) is 37.9 Å². The molecule has 8 N–H and O–H groups in total. The third kappa shape index (κ3) is 15.9. The first-order valence-corrected chi connectivity index (χ1v) is 44.5. The Balaban J connectivity index is 0.970. The van der Waals surface area contributed by atoms with Gasteiger partial charge < -0.3 is 43.2 Å². The number of piperidine rings is 1. The van der Waals surface area contributed by atoms with Gasteiger partial charge in [-0.15, -0.1) is 0 Å². The van der Waals surface area contributed by atoms with Crippen LogP contribution >= 0.6 is 0 Å². The second-order valence-corrected chi connectivity index (χ2v) is 35.8. The van der Waals surface area contributed by atoms with E-state index in [1.807, 2.05) is 0 Å². The van der Waals surface area contributed by atoms with Crippen LogP contribution in [0.3, 0.4) is 0 Å². The standard InChI is InChI=1S/C84H151N9O8/c1-10-18-41-94-69-53-35-28-29-36-54(53)70(95-42-19-11-2)61-60(69)77-86-78(61)88-80-64-65(75(100-47-24-16-7)59-50-52-34-27-26-33-51(52)49-58(59)74(64)99-46-23-15-6)82(90-80)91-83-66-67(76(101-48-25-17-8)68-57(39-32-40-85-68)73(66)98-45-22-14-5)84(93(83)9)92-81-63-62(79(87-77)89-81)71(96-43-20-12-3)55-37-30-31-38-56(55)72(63)97-44-21-13-4/h51-92H,10-50H2,1-9H3. The van der Waals surface area contributed by atoms with Crippen molar-refractivity contribution in [3.05, 3.63) is 0 Å². The molecular formula is C84H151N9O8. The lowest BCUT2D eigenvalue weighted by Crippen LogP contribution is -2.68. The molecule has 8 saturated carbocycles. The molecule has 101 heavy (non-hydrogen) atoms. The van der Waals surface area contributed by atoms with Crippen LogP contribution in [0.2, 0.25) is 0 Å². The fourth-order valence-corrected chi connectivity index (χ4v) is 25.5. The predicted octanol–water partition coefficient (Wildman–Crippen LogP) is 13.0. The average Bonchev–Trinajstić information content (AvgIpc) is 1.58. The van der Waals surface area contributed by atoms with E-state index >= 15 is 0 Å². The van der Waals surface area contributed by atoms with E-state index in [0.717, 1.165) is 187 Å². The average molecular weight is 1420 g/mol. The van der Waals surface area contributed by atoms with Gasteiger partial charge in [0.05, 0.1) is 98.2 Å². The van der Waals surface area contributed by atoms with E-state index in [1.54, 1.807) is 0 Å². The summed E-state index contributed by atoms with van der Waals surface area (Å²) in [6.45, 7) is 26.1. The lowest BCUT2D eigenvalue weighted by Gasteiger charge is -2.56. The van der Waals surface area contributed by atoms with Gasteiger partial charge in [0.25, 0.3) is 0 Å². The maximum Gasteiger partial charge on any atom is 0.0792 e. The van der Waals surface area contributed by atoms with E-state index in [0.29, 0.717) is 41.4 Å².